The normalized spacial score (nSPS) is 25.5. The molecule has 1 aromatic rings. The summed E-state index contributed by atoms with van der Waals surface area (Å²) in [5.41, 5.74) is 4.45. The lowest BCUT2D eigenvalue weighted by molar-refractivity contribution is 0.186. The Labute approximate surface area is 103 Å². The summed E-state index contributed by atoms with van der Waals surface area (Å²) in [7, 11) is 0. The van der Waals surface area contributed by atoms with Gasteiger partial charge in [-0.1, -0.05) is 19.9 Å². The van der Waals surface area contributed by atoms with Gasteiger partial charge in [0.1, 0.15) is 11.9 Å². The summed E-state index contributed by atoms with van der Waals surface area (Å²) in [6.45, 7) is 5.37. The maximum Gasteiger partial charge on any atom is 0.125 e. The minimum absolute atomic E-state index is 0.312. The fraction of sp³-hybridized carbons (Fsp3) is 0.600. The van der Waals surface area contributed by atoms with Crippen molar-refractivity contribution in [1.29, 1.82) is 0 Å². The van der Waals surface area contributed by atoms with Crippen molar-refractivity contribution in [3.8, 4) is 5.75 Å². The van der Waals surface area contributed by atoms with Gasteiger partial charge in [0, 0.05) is 5.56 Å². The molecule has 1 heterocycles. The van der Waals surface area contributed by atoms with Crippen LogP contribution in [0.5, 0.6) is 5.75 Å². The lowest BCUT2D eigenvalue weighted by Crippen LogP contribution is -2.30. The number of rotatable bonds is 3. The molecule has 0 fully saturated rings. The van der Waals surface area contributed by atoms with Crippen LogP contribution in [-0.2, 0) is 12.8 Å². The van der Waals surface area contributed by atoms with Crippen molar-refractivity contribution >= 4 is 0 Å². The van der Waals surface area contributed by atoms with Gasteiger partial charge in [-0.25, -0.2) is 0 Å². The van der Waals surface area contributed by atoms with Gasteiger partial charge >= 0.3 is 0 Å². The summed E-state index contributed by atoms with van der Waals surface area (Å²) >= 11 is 0. The smallest absolute Gasteiger partial charge is 0.125 e. The van der Waals surface area contributed by atoms with E-state index in [9.17, 15) is 0 Å². The first kappa shape index (κ1) is 11.1. The van der Waals surface area contributed by atoms with Crippen LogP contribution in [0.1, 0.15) is 49.4 Å². The maximum absolute atomic E-state index is 6.08. The highest BCUT2D eigenvalue weighted by atomic mass is 16.5. The molecule has 1 aliphatic heterocycles. The van der Waals surface area contributed by atoms with Crippen LogP contribution in [-0.4, -0.2) is 12.6 Å². The molecule has 0 radical (unpaired) electrons. The van der Waals surface area contributed by atoms with E-state index in [0.29, 0.717) is 12.1 Å². The number of aryl methyl sites for hydroxylation is 2. The average molecular weight is 231 g/mol. The highest BCUT2D eigenvalue weighted by Crippen LogP contribution is 2.41. The minimum atomic E-state index is 0.312. The summed E-state index contributed by atoms with van der Waals surface area (Å²) in [6.07, 6.45) is 5.16. The Morgan fingerprint density at radius 1 is 1.24 bits per heavy atom. The number of fused-ring (bicyclic) bond motifs is 2. The number of hydrogen-bond acceptors (Lipinski definition) is 2. The van der Waals surface area contributed by atoms with Gasteiger partial charge in [-0.15, -0.1) is 0 Å². The molecule has 1 aliphatic carbocycles. The van der Waals surface area contributed by atoms with Crippen molar-refractivity contribution in [2.24, 2.45) is 0 Å². The van der Waals surface area contributed by atoms with E-state index in [0.717, 1.165) is 18.7 Å². The van der Waals surface area contributed by atoms with Crippen molar-refractivity contribution in [1.82, 2.24) is 5.32 Å². The third-order valence-corrected chi connectivity index (χ3v) is 4.04. The molecule has 3 rings (SSSR count). The lowest BCUT2D eigenvalue weighted by atomic mass is 9.98. The number of benzene rings is 1. The predicted molar refractivity (Wildman–Crippen MR) is 69.6 cm³/mol. The Morgan fingerprint density at radius 3 is 2.71 bits per heavy atom. The quantitative estimate of drug-likeness (QED) is 0.863. The van der Waals surface area contributed by atoms with Crippen molar-refractivity contribution in [3.05, 3.63) is 28.8 Å². The molecule has 2 aliphatic rings. The summed E-state index contributed by atoms with van der Waals surface area (Å²) < 4.78 is 6.08. The SMILES string of the molecule is CCNC1c2cc3c(cc2OC1CC)CCC3. The fourth-order valence-electron chi connectivity index (χ4n) is 3.18. The Balaban J connectivity index is 1.98. The topological polar surface area (TPSA) is 21.3 Å². The Bertz CT molecular complexity index is 427. The zero-order chi connectivity index (χ0) is 11.8. The van der Waals surface area contributed by atoms with E-state index < -0.39 is 0 Å². The molecule has 2 unspecified atom stereocenters. The molecule has 0 saturated carbocycles. The van der Waals surface area contributed by atoms with E-state index >= 15 is 0 Å². The molecule has 1 N–H and O–H groups in total. The number of hydrogen-bond donors (Lipinski definition) is 1. The zero-order valence-electron chi connectivity index (χ0n) is 10.8. The Kier molecular flexibility index (Phi) is 2.83. The first-order chi connectivity index (χ1) is 8.33. The van der Waals surface area contributed by atoms with Crippen LogP contribution < -0.4 is 10.1 Å². The van der Waals surface area contributed by atoms with E-state index in [4.69, 9.17) is 4.74 Å². The first-order valence-electron chi connectivity index (χ1n) is 6.89. The summed E-state index contributed by atoms with van der Waals surface area (Å²) in [6, 6.07) is 5.07. The number of ether oxygens (including phenoxy) is 1. The Hall–Kier alpha value is -1.02. The molecule has 2 atom stereocenters. The van der Waals surface area contributed by atoms with Crippen LogP contribution in [0.15, 0.2) is 12.1 Å². The van der Waals surface area contributed by atoms with Gasteiger partial charge in [-0.3, -0.25) is 0 Å². The van der Waals surface area contributed by atoms with Crippen LogP contribution in [0.25, 0.3) is 0 Å². The minimum Gasteiger partial charge on any atom is -0.488 e. The summed E-state index contributed by atoms with van der Waals surface area (Å²) in [5, 5.41) is 3.57. The molecule has 0 spiro atoms. The highest BCUT2D eigenvalue weighted by molar-refractivity contribution is 5.49. The van der Waals surface area contributed by atoms with Crippen molar-refractivity contribution in [2.45, 2.75) is 51.7 Å². The molecule has 0 bridgehead atoms. The van der Waals surface area contributed by atoms with Crippen LogP contribution in [0.4, 0.5) is 0 Å². The highest BCUT2D eigenvalue weighted by Gasteiger charge is 2.33. The average Bonchev–Trinajstić information content (AvgIpc) is 2.91. The molecule has 92 valence electrons. The van der Waals surface area contributed by atoms with Crippen molar-refractivity contribution in [2.75, 3.05) is 6.54 Å². The molecule has 2 nitrogen and oxygen atoms in total. The van der Waals surface area contributed by atoms with Gasteiger partial charge in [0.2, 0.25) is 0 Å². The van der Waals surface area contributed by atoms with Gasteiger partial charge in [-0.2, -0.15) is 0 Å². The monoisotopic (exact) mass is 231 g/mol. The third-order valence-electron chi connectivity index (χ3n) is 4.04. The maximum atomic E-state index is 6.08. The molecular weight excluding hydrogens is 210 g/mol. The molecule has 2 heteroatoms. The second-order valence-corrected chi connectivity index (χ2v) is 5.11. The van der Waals surface area contributed by atoms with E-state index in [2.05, 4.69) is 31.3 Å². The zero-order valence-corrected chi connectivity index (χ0v) is 10.8. The van der Waals surface area contributed by atoms with Crippen molar-refractivity contribution < 1.29 is 4.74 Å². The van der Waals surface area contributed by atoms with Gasteiger partial charge in [-0.05, 0) is 49.4 Å². The molecule has 0 amide bonds. The van der Waals surface area contributed by atoms with E-state index in [1.54, 1.807) is 5.56 Å². The van der Waals surface area contributed by atoms with E-state index in [1.165, 1.54) is 30.4 Å². The summed E-state index contributed by atoms with van der Waals surface area (Å²) in [5.74, 6) is 1.13. The third kappa shape index (κ3) is 1.75. The second kappa shape index (κ2) is 4.34. The molecule has 1 aromatic carbocycles. The van der Waals surface area contributed by atoms with E-state index in [1.807, 2.05) is 0 Å². The van der Waals surface area contributed by atoms with Gasteiger partial charge in [0.15, 0.2) is 0 Å². The van der Waals surface area contributed by atoms with Crippen molar-refractivity contribution in [3.63, 3.8) is 0 Å². The molecular formula is C15H21NO. The van der Waals surface area contributed by atoms with Crippen LogP contribution in [0, 0.1) is 0 Å². The predicted octanol–water partition coefficient (Wildman–Crippen LogP) is 3.00. The summed E-state index contributed by atoms with van der Waals surface area (Å²) in [4.78, 5) is 0. The number of likely N-dealkylation sites (N-methyl/N-ethyl adjacent to an activating group) is 1. The van der Waals surface area contributed by atoms with Crippen LogP contribution >= 0.6 is 0 Å². The molecule has 0 aromatic heterocycles. The largest absolute Gasteiger partial charge is 0.488 e. The van der Waals surface area contributed by atoms with Crippen LogP contribution in [0.3, 0.4) is 0 Å². The van der Waals surface area contributed by atoms with E-state index in [-0.39, 0.29) is 0 Å². The van der Waals surface area contributed by atoms with Crippen LogP contribution in [0.2, 0.25) is 0 Å². The lowest BCUT2D eigenvalue weighted by Gasteiger charge is -2.18. The van der Waals surface area contributed by atoms with Gasteiger partial charge in [0.25, 0.3) is 0 Å². The van der Waals surface area contributed by atoms with Gasteiger partial charge < -0.3 is 10.1 Å². The molecule has 0 saturated heterocycles. The molecule has 17 heavy (non-hydrogen) atoms. The Morgan fingerprint density at radius 2 is 2.00 bits per heavy atom. The first-order valence-corrected chi connectivity index (χ1v) is 6.89. The van der Waals surface area contributed by atoms with Gasteiger partial charge in [0.05, 0.1) is 6.04 Å². The number of nitrogens with one attached hydrogen (secondary N) is 1. The standard InChI is InChI=1S/C15H21NO/c1-3-13-15(16-4-2)12-8-10-6-5-7-11(10)9-14(12)17-13/h8-9,13,15-16H,3-7H2,1-2H3. The second-order valence-electron chi connectivity index (χ2n) is 5.11. The fourth-order valence-corrected chi connectivity index (χ4v) is 3.18.